The smallest absolute Gasteiger partial charge is 0.125 e. The molecular formula is C15H21NO2. The van der Waals surface area contributed by atoms with Crippen LogP contribution in [0.2, 0.25) is 0 Å². The molecule has 2 heterocycles. The Balaban J connectivity index is 1.81. The van der Waals surface area contributed by atoms with Crippen LogP contribution in [0, 0.1) is 11.8 Å². The van der Waals surface area contributed by atoms with Gasteiger partial charge in [-0.25, -0.2) is 0 Å². The number of benzene rings is 1. The summed E-state index contributed by atoms with van der Waals surface area (Å²) in [5.74, 6) is 2.24. The fourth-order valence-electron chi connectivity index (χ4n) is 3.08. The summed E-state index contributed by atoms with van der Waals surface area (Å²) >= 11 is 0. The van der Waals surface area contributed by atoms with Crippen molar-refractivity contribution in [2.24, 2.45) is 11.8 Å². The third kappa shape index (κ3) is 1.91. The van der Waals surface area contributed by atoms with Gasteiger partial charge in [0, 0.05) is 18.7 Å². The highest BCUT2D eigenvalue weighted by atomic mass is 16.5. The van der Waals surface area contributed by atoms with Gasteiger partial charge >= 0.3 is 0 Å². The van der Waals surface area contributed by atoms with Crippen LogP contribution in [0.3, 0.4) is 0 Å². The topological polar surface area (TPSA) is 32.7 Å². The number of hydrogen-bond acceptors (Lipinski definition) is 3. The maximum Gasteiger partial charge on any atom is 0.125 e. The first-order chi connectivity index (χ1) is 8.66. The molecule has 3 heteroatoms. The molecule has 3 nitrogen and oxygen atoms in total. The van der Waals surface area contributed by atoms with Gasteiger partial charge < -0.3 is 9.84 Å². The second-order valence-corrected chi connectivity index (χ2v) is 5.77. The van der Waals surface area contributed by atoms with E-state index in [9.17, 15) is 5.11 Å². The van der Waals surface area contributed by atoms with E-state index in [4.69, 9.17) is 4.74 Å². The van der Waals surface area contributed by atoms with Crippen molar-refractivity contribution >= 4 is 0 Å². The fraction of sp³-hybridized carbons (Fsp3) is 0.600. The standard InChI is InChI=1S/C15H21NO2/c1-10-7-16(8-11(10)2)13-9-18-14-6-4-3-5-12(14)15(13)17/h3-6,10-11,13,15,17H,7-9H2,1-2H3. The summed E-state index contributed by atoms with van der Waals surface area (Å²) in [7, 11) is 0. The largest absolute Gasteiger partial charge is 0.491 e. The van der Waals surface area contributed by atoms with Gasteiger partial charge in [0.05, 0.1) is 6.04 Å². The molecule has 1 N–H and O–H groups in total. The first kappa shape index (κ1) is 12.0. The van der Waals surface area contributed by atoms with Crippen LogP contribution in [-0.2, 0) is 0 Å². The Bertz CT molecular complexity index is 424. The summed E-state index contributed by atoms with van der Waals surface area (Å²) in [6, 6.07) is 7.92. The van der Waals surface area contributed by atoms with Crippen LogP contribution in [0.1, 0.15) is 25.5 Å². The van der Waals surface area contributed by atoms with Crippen molar-refractivity contribution in [1.29, 1.82) is 0 Å². The molecule has 0 amide bonds. The molecule has 18 heavy (non-hydrogen) atoms. The summed E-state index contributed by atoms with van der Waals surface area (Å²) in [5.41, 5.74) is 0.931. The fourth-order valence-corrected chi connectivity index (χ4v) is 3.08. The molecule has 0 aromatic heterocycles. The molecular weight excluding hydrogens is 226 g/mol. The van der Waals surface area contributed by atoms with Gasteiger partial charge in [-0.1, -0.05) is 32.0 Å². The first-order valence-corrected chi connectivity index (χ1v) is 6.80. The van der Waals surface area contributed by atoms with Crippen LogP contribution in [0.25, 0.3) is 0 Å². The van der Waals surface area contributed by atoms with E-state index in [0.29, 0.717) is 18.4 Å². The highest BCUT2D eigenvalue weighted by Crippen LogP contribution is 2.36. The molecule has 0 radical (unpaired) electrons. The zero-order valence-corrected chi connectivity index (χ0v) is 11.0. The van der Waals surface area contributed by atoms with Gasteiger partial charge in [-0.15, -0.1) is 0 Å². The summed E-state index contributed by atoms with van der Waals surface area (Å²) in [4.78, 5) is 2.38. The van der Waals surface area contributed by atoms with Crippen LogP contribution in [-0.4, -0.2) is 35.7 Å². The third-order valence-corrected chi connectivity index (χ3v) is 4.50. The third-order valence-electron chi connectivity index (χ3n) is 4.50. The Morgan fingerprint density at radius 3 is 2.56 bits per heavy atom. The lowest BCUT2D eigenvalue weighted by Crippen LogP contribution is -2.44. The van der Waals surface area contributed by atoms with Crippen LogP contribution >= 0.6 is 0 Å². The maximum atomic E-state index is 10.5. The van der Waals surface area contributed by atoms with Crippen LogP contribution in [0.15, 0.2) is 24.3 Å². The van der Waals surface area contributed by atoms with Gasteiger partial charge in [0.1, 0.15) is 18.5 Å². The quantitative estimate of drug-likeness (QED) is 0.824. The molecule has 4 unspecified atom stereocenters. The Morgan fingerprint density at radius 1 is 1.17 bits per heavy atom. The minimum Gasteiger partial charge on any atom is -0.491 e. The lowest BCUT2D eigenvalue weighted by Gasteiger charge is -2.36. The lowest BCUT2D eigenvalue weighted by atomic mass is 9.98. The number of rotatable bonds is 1. The molecule has 98 valence electrons. The zero-order valence-electron chi connectivity index (χ0n) is 11.0. The van der Waals surface area contributed by atoms with Crippen LogP contribution in [0.5, 0.6) is 5.75 Å². The molecule has 1 fully saturated rings. The normalized spacial score (nSPS) is 36.2. The predicted octanol–water partition coefficient (Wildman–Crippen LogP) is 2.07. The molecule has 2 aliphatic heterocycles. The second-order valence-electron chi connectivity index (χ2n) is 5.77. The number of ether oxygens (including phenoxy) is 1. The Kier molecular flexibility index (Phi) is 3.04. The summed E-state index contributed by atoms with van der Waals surface area (Å²) in [6.45, 7) is 7.30. The van der Waals surface area contributed by atoms with E-state index < -0.39 is 6.10 Å². The van der Waals surface area contributed by atoms with E-state index in [2.05, 4.69) is 18.7 Å². The van der Waals surface area contributed by atoms with Gasteiger partial charge in [0.2, 0.25) is 0 Å². The monoisotopic (exact) mass is 247 g/mol. The minimum absolute atomic E-state index is 0.104. The van der Waals surface area contributed by atoms with Crippen molar-refractivity contribution in [3.63, 3.8) is 0 Å². The summed E-state index contributed by atoms with van der Waals surface area (Å²) in [5, 5.41) is 10.5. The second kappa shape index (κ2) is 4.56. The predicted molar refractivity (Wildman–Crippen MR) is 70.6 cm³/mol. The highest BCUT2D eigenvalue weighted by molar-refractivity contribution is 5.37. The number of nitrogens with zero attached hydrogens (tertiary/aromatic N) is 1. The molecule has 0 spiro atoms. The molecule has 2 aliphatic rings. The van der Waals surface area contributed by atoms with E-state index in [1.807, 2.05) is 24.3 Å². The van der Waals surface area contributed by atoms with Crippen LogP contribution in [0.4, 0.5) is 0 Å². The molecule has 1 aromatic carbocycles. The Hall–Kier alpha value is -1.06. The van der Waals surface area contributed by atoms with E-state index in [0.717, 1.165) is 24.4 Å². The molecule has 1 saturated heterocycles. The lowest BCUT2D eigenvalue weighted by molar-refractivity contribution is 0.0118. The number of fused-ring (bicyclic) bond motifs is 1. The van der Waals surface area contributed by atoms with Gasteiger partial charge in [-0.05, 0) is 17.9 Å². The van der Waals surface area contributed by atoms with Crippen molar-refractivity contribution in [1.82, 2.24) is 4.90 Å². The van der Waals surface area contributed by atoms with E-state index in [1.165, 1.54) is 0 Å². The van der Waals surface area contributed by atoms with Crippen molar-refractivity contribution in [3.8, 4) is 5.75 Å². The molecule has 0 aliphatic carbocycles. The van der Waals surface area contributed by atoms with Crippen molar-refractivity contribution in [2.45, 2.75) is 26.0 Å². The van der Waals surface area contributed by atoms with E-state index >= 15 is 0 Å². The van der Waals surface area contributed by atoms with E-state index in [1.54, 1.807) is 0 Å². The number of para-hydroxylation sites is 1. The molecule has 1 aromatic rings. The van der Waals surface area contributed by atoms with Gasteiger partial charge in [-0.3, -0.25) is 4.90 Å². The van der Waals surface area contributed by atoms with Crippen LogP contribution < -0.4 is 4.74 Å². The van der Waals surface area contributed by atoms with Gasteiger partial charge in [-0.2, -0.15) is 0 Å². The van der Waals surface area contributed by atoms with Crippen molar-refractivity contribution in [2.75, 3.05) is 19.7 Å². The Morgan fingerprint density at radius 2 is 1.83 bits per heavy atom. The minimum atomic E-state index is -0.424. The number of likely N-dealkylation sites (tertiary alicyclic amines) is 1. The average Bonchev–Trinajstić information content (AvgIpc) is 2.70. The Labute approximate surface area is 108 Å². The number of hydrogen-bond donors (Lipinski definition) is 1. The first-order valence-electron chi connectivity index (χ1n) is 6.80. The average molecular weight is 247 g/mol. The van der Waals surface area contributed by atoms with Gasteiger partial charge in [0.25, 0.3) is 0 Å². The summed E-state index contributed by atoms with van der Waals surface area (Å²) in [6.07, 6.45) is -0.424. The SMILES string of the molecule is CC1CN(C2COc3ccccc3C2O)CC1C. The number of aliphatic hydroxyl groups is 1. The molecule has 3 rings (SSSR count). The zero-order chi connectivity index (χ0) is 12.7. The highest BCUT2D eigenvalue weighted by Gasteiger charge is 2.38. The number of aliphatic hydroxyl groups excluding tert-OH is 1. The van der Waals surface area contributed by atoms with E-state index in [-0.39, 0.29) is 6.04 Å². The van der Waals surface area contributed by atoms with Crippen molar-refractivity contribution in [3.05, 3.63) is 29.8 Å². The van der Waals surface area contributed by atoms with Gasteiger partial charge in [0.15, 0.2) is 0 Å². The molecule has 4 atom stereocenters. The molecule has 0 saturated carbocycles. The molecule has 0 bridgehead atoms. The van der Waals surface area contributed by atoms with Crippen molar-refractivity contribution < 1.29 is 9.84 Å². The summed E-state index contributed by atoms with van der Waals surface area (Å²) < 4.78 is 5.79. The maximum absolute atomic E-state index is 10.5.